The average Bonchev–Trinajstić information content (AvgIpc) is 3.06. The summed E-state index contributed by atoms with van der Waals surface area (Å²) in [7, 11) is 0. The van der Waals surface area contributed by atoms with Crippen LogP contribution < -0.4 is 5.32 Å². The van der Waals surface area contributed by atoms with E-state index in [2.05, 4.69) is 27.7 Å². The largest absolute Gasteiger partial charge is 0.379 e. The van der Waals surface area contributed by atoms with E-state index in [4.69, 9.17) is 0 Å². The number of likely N-dealkylation sites (tertiary alicyclic amines) is 1. The molecular formula is C17H20FN3O2S. The van der Waals surface area contributed by atoms with Crippen molar-refractivity contribution in [1.82, 2.24) is 4.90 Å². The highest BCUT2D eigenvalue weighted by atomic mass is 32.1. The summed E-state index contributed by atoms with van der Waals surface area (Å²) < 4.78 is 13.7. The van der Waals surface area contributed by atoms with Crippen LogP contribution in [-0.4, -0.2) is 29.5 Å². The molecule has 0 saturated carbocycles. The van der Waals surface area contributed by atoms with Crippen molar-refractivity contribution in [2.45, 2.75) is 19.4 Å². The lowest BCUT2D eigenvalue weighted by molar-refractivity contribution is -0.386. The number of para-hydroxylation sites is 1. The number of piperidine rings is 1. The van der Waals surface area contributed by atoms with Gasteiger partial charge in [-0.25, -0.2) is 0 Å². The van der Waals surface area contributed by atoms with Crippen molar-refractivity contribution < 1.29 is 9.31 Å². The van der Waals surface area contributed by atoms with E-state index in [0.29, 0.717) is 12.5 Å². The number of hydrogen-bond donors (Lipinski definition) is 1. The lowest BCUT2D eigenvalue weighted by Crippen LogP contribution is -2.37. The second-order valence-electron chi connectivity index (χ2n) is 6.10. The quantitative estimate of drug-likeness (QED) is 0.629. The first-order chi connectivity index (χ1) is 11.6. The minimum Gasteiger partial charge on any atom is -0.379 e. The molecule has 128 valence electrons. The van der Waals surface area contributed by atoms with E-state index in [1.165, 1.54) is 10.9 Å². The summed E-state index contributed by atoms with van der Waals surface area (Å²) in [6.07, 6.45) is 2.19. The number of nitro groups is 1. The Hall–Kier alpha value is -1.99. The SMILES string of the molecule is O=[N+]([O-])c1c(F)cccc1NCC1CCCN(Cc2cccs2)C1. The second-order valence-corrected chi connectivity index (χ2v) is 7.13. The molecule has 1 aromatic carbocycles. The van der Waals surface area contributed by atoms with E-state index in [9.17, 15) is 14.5 Å². The third kappa shape index (κ3) is 4.10. The predicted octanol–water partition coefficient (Wildman–Crippen LogP) is 4.12. The number of hydrogen-bond acceptors (Lipinski definition) is 5. The van der Waals surface area contributed by atoms with Crippen LogP contribution in [0.15, 0.2) is 35.7 Å². The topological polar surface area (TPSA) is 58.4 Å². The van der Waals surface area contributed by atoms with Crippen LogP contribution in [-0.2, 0) is 6.54 Å². The Kier molecular flexibility index (Phi) is 5.42. The van der Waals surface area contributed by atoms with Crippen molar-refractivity contribution in [3.63, 3.8) is 0 Å². The molecule has 0 bridgehead atoms. The number of rotatable bonds is 6. The Morgan fingerprint density at radius 1 is 1.38 bits per heavy atom. The number of benzene rings is 1. The number of thiophene rings is 1. The van der Waals surface area contributed by atoms with Gasteiger partial charge in [0.1, 0.15) is 5.69 Å². The van der Waals surface area contributed by atoms with Gasteiger partial charge in [-0.05, 0) is 48.9 Å². The van der Waals surface area contributed by atoms with E-state index in [1.807, 2.05) is 0 Å². The number of halogens is 1. The van der Waals surface area contributed by atoms with Crippen LogP contribution in [0.25, 0.3) is 0 Å². The van der Waals surface area contributed by atoms with Crippen LogP contribution >= 0.6 is 11.3 Å². The Balaban J connectivity index is 1.58. The monoisotopic (exact) mass is 349 g/mol. The number of anilines is 1. The van der Waals surface area contributed by atoms with E-state index in [0.717, 1.165) is 38.5 Å². The van der Waals surface area contributed by atoms with Crippen molar-refractivity contribution in [3.05, 3.63) is 56.5 Å². The highest BCUT2D eigenvalue weighted by molar-refractivity contribution is 7.09. The molecule has 1 aromatic heterocycles. The van der Waals surface area contributed by atoms with Crippen molar-refractivity contribution in [1.29, 1.82) is 0 Å². The number of nitrogens with one attached hydrogen (secondary N) is 1. The number of nitrogens with zero attached hydrogens (tertiary/aromatic N) is 2. The van der Waals surface area contributed by atoms with Crippen molar-refractivity contribution >= 4 is 22.7 Å². The first-order valence-corrected chi connectivity index (χ1v) is 8.93. The van der Waals surface area contributed by atoms with E-state index in [1.54, 1.807) is 17.4 Å². The highest BCUT2D eigenvalue weighted by Gasteiger charge is 2.23. The van der Waals surface area contributed by atoms with Crippen LogP contribution in [0, 0.1) is 21.8 Å². The summed E-state index contributed by atoms with van der Waals surface area (Å²) in [5.41, 5.74) is -0.209. The minimum absolute atomic E-state index is 0.260. The van der Waals surface area contributed by atoms with Crippen LogP contribution in [0.5, 0.6) is 0 Å². The maximum Gasteiger partial charge on any atom is 0.327 e. The van der Waals surface area contributed by atoms with Crippen LogP contribution in [0.1, 0.15) is 17.7 Å². The molecule has 24 heavy (non-hydrogen) atoms. The summed E-state index contributed by atoms with van der Waals surface area (Å²) in [5.74, 6) is -0.394. The van der Waals surface area contributed by atoms with Gasteiger partial charge in [0.05, 0.1) is 4.92 Å². The molecule has 1 unspecified atom stereocenters. The van der Waals surface area contributed by atoms with Gasteiger partial charge in [0.15, 0.2) is 0 Å². The van der Waals surface area contributed by atoms with Gasteiger partial charge in [-0.3, -0.25) is 15.0 Å². The van der Waals surface area contributed by atoms with Crippen molar-refractivity contribution in [3.8, 4) is 0 Å². The molecule has 3 rings (SSSR count). The van der Waals surface area contributed by atoms with Gasteiger partial charge in [0.2, 0.25) is 5.82 Å². The average molecular weight is 349 g/mol. The lowest BCUT2D eigenvalue weighted by atomic mass is 9.97. The minimum atomic E-state index is -0.798. The van der Waals surface area contributed by atoms with E-state index >= 15 is 0 Å². The Labute approximate surface area is 144 Å². The molecule has 1 fully saturated rings. The second kappa shape index (κ2) is 7.72. The molecule has 1 aliphatic heterocycles. The zero-order valence-electron chi connectivity index (χ0n) is 13.3. The van der Waals surface area contributed by atoms with Gasteiger partial charge in [-0.15, -0.1) is 11.3 Å². The van der Waals surface area contributed by atoms with Gasteiger partial charge in [-0.1, -0.05) is 12.1 Å². The highest BCUT2D eigenvalue weighted by Crippen LogP contribution is 2.28. The molecule has 0 aliphatic carbocycles. The third-order valence-electron chi connectivity index (χ3n) is 4.31. The van der Waals surface area contributed by atoms with E-state index in [-0.39, 0.29) is 5.69 Å². The molecule has 1 saturated heterocycles. The molecule has 1 atom stereocenters. The molecule has 5 nitrogen and oxygen atoms in total. The van der Waals surface area contributed by atoms with E-state index < -0.39 is 16.4 Å². The van der Waals surface area contributed by atoms with Crippen LogP contribution in [0.3, 0.4) is 0 Å². The summed E-state index contributed by atoms with van der Waals surface area (Å²) in [6.45, 7) is 3.60. The molecule has 1 N–H and O–H groups in total. The first-order valence-electron chi connectivity index (χ1n) is 8.05. The van der Waals surface area contributed by atoms with Gasteiger partial charge in [0.25, 0.3) is 0 Å². The van der Waals surface area contributed by atoms with Gasteiger partial charge < -0.3 is 5.32 Å². The first kappa shape index (κ1) is 16.9. The fourth-order valence-electron chi connectivity index (χ4n) is 3.18. The lowest BCUT2D eigenvalue weighted by Gasteiger charge is -2.32. The smallest absolute Gasteiger partial charge is 0.327 e. The summed E-state index contributed by atoms with van der Waals surface area (Å²) >= 11 is 1.76. The maximum absolute atomic E-state index is 13.7. The van der Waals surface area contributed by atoms with Crippen molar-refractivity contribution in [2.75, 3.05) is 25.0 Å². The molecule has 0 amide bonds. The fraction of sp³-hybridized carbons (Fsp3) is 0.412. The Morgan fingerprint density at radius 3 is 3.00 bits per heavy atom. The standard InChI is InChI=1S/C17H20FN3O2S/c18-15-6-1-7-16(17(15)21(22)23)19-10-13-4-2-8-20(11-13)12-14-5-3-9-24-14/h1,3,5-7,9,13,19H,2,4,8,10-12H2. The normalized spacial score (nSPS) is 18.5. The Bertz CT molecular complexity index is 693. The molecule has 7 heteroatoms. The molecule has 2 aromatic rings. The predicted molar refractivity (Wildman–Crippen MR) is 93.9 cm³/mol. The van der Waals surface area contributed by atoms with Crippen LogP contribution in [0.2, 0.25) is 0 Å². The molecule has 1 aliphatic rings. The maximum atomic E-state index is 13.7. The van der Waals surface area contributed by atoms with Gasteiger partial charge >= 0.3 is 5.69 Å². The molecule has 0 spiro atoms. The molecule has 2 heterocycles. The zero-order chi connectivity index (χ0) is 16.9. The zero-order valence-corrected chi connectivity index (χ0v) is 14.1. The van der Waals surface area contributed by atoms with Gasteiger partial charge in [0, 0.05) is 24.5 Å². The molecule has 0 radical (unpaired) electrons. The fourth-order valence-corrected chi connectivity index (χ4v) is 3.93. The van der Waals surface area contributed by atoms with Crippen molar-refractivity contribution in [2.24, 2.45) is 5.92 Å². The van der Waals surface area contributed by atoms with Gasteiger partial charge in [-0.2, -0.15) is 4.39 Å². The summed E-state index contributed by atoms with van der Waals surface area (Å²) in [6, 6.07) is 8.38. The number of nitro benzene ring substituents is 1. The molecular weight excluding hydrogens is 329 g/mol. The summed E-state index contributed by atoms with van der Waals surface area (Å²) in [4.78, 5) is 14.1. The summed E-state index contributed by atoms with van der Waals surface area (Å²) in [5, 5.41) is 16.2. The van der Waals surface area contributed by atoms with Crippen LogP contribution in [0.4, 0.5) is 15.8 Å². The Morgan fingerprint density at radius 2 is 2.25 bits per heavy atom. The third-order valence-corrected chi connectivity index (χ3v) is 5.17.